The number of hydrogen-bond acceptors (Lipinski definition) is 3. The summed E-state index contributed by atoms with van der Waals surface area (Å²) in [6, 6.07) is 4.92. The summed E-state index contributed by atoms with van der Waals surface area (Å²) < 4.78 is 1.51. The van der Waals surface area contributed by atoms with Crippen molar-refractivity contribution < 1.29 is 9.90 Å². The molecule has 0 aromatic carbocycles. The van der Waals surface area contributed by atoms with Crippen LogP contribution in [0.4, 0.5) is 0 Å². The van der Waals surface area contributed by atoms with Gasteiger partial charge in [0.05, 0.1) is 5.60 Å². The molecule has 1 aromatic rings. The third-order valence-corrected chi connectivity index (χ3v) is 3.88. The summed E-state index contributed by atoms with van der Waals surface area (Å²) >= 11 is 0. The number of amides is 1. The summed E-state index contributed by atoms with van der Waals surface area (Å²) in [5.41, 5.74) is -0.844. The molecule has 1 saturated carbocycles. The van der Waals surface area contributed by atoms with Gasteiger partial charge in [-0.2, -0.15) is 0 Å². The van der Waals surface area contributed by atoms with E-state index in [2.05, 4.69) is 5.32 Å². The Hall–Kier alpha value is -1.62. The fourth-order valence-electron chi connectivity index (χ4n) is 2.61. The lowest BCUT2D eigenvalue weighted by molar-refractivity contribution is -0.123. The second-order valence-corrected chi connectivity index (χ2v) is 5.54. The summed E-state index contributed by atoms with van der Waals surface area (Å²) in [6.45, 7) is 0.680. The number of pyridine rings is 1. The van der Waals surface area contributed by atoms with E-state index in [1.165, 1.54) is 10.6 Å². The monoisotopic (exact) mass is 278 g/mol. The predicted octanol–water partition coefficient (Wildman–Crippen LogP) is 1.05. The molecule has 110 valence electrons. The zero-order valence-corrected chi connectivity index (χ0v) is 11.7. The highest BCUT2D eigenvalue weighted by Crippen LogP contribution is 2.27. The van der Waals surface area contributed by atoms with E-state index in [1.807, 2.05) is 0 Å². The zero-order chi connectivity index (χ0) is 14.4. The normalized spacial score (nSPS) is 17.6. The van der Waals surface area contributed by atoms with Gasteiger partial charge in [-0.1, -0.05) is 25.3 Å². The number of aromatic nitrogens is 1. The third-order valence-electron chi connectivity index (χ3n) is 3.88. The molecule has 1 heterocycles. The van der Waals surface area contributed by atoms with E-state index >= 15 is 0 Å². The lowest BCUT2D eigenvalue weighted by Gasteiger charge is -2.32. The standard InChI is InChI=1S/C15H22N2O3/c18-13(7-11-17-10-5-2-6-14(17)19)16-12-15(20)8-3-1-4-9-15/h2,5-6,10,20H,1,3-4,7-9,11-12H2,(H,16,18). The molecule has 1 aliphatic rings. The Morgan fingerprint density at radius 1 is 1.30 bits per heavy atom. The third kappa shape index (κ3) is 4.20. The Morgan fingerprint density at radius 3 is 2.75 bits per heavy atom. The quantitative estimate of drug-likeness (QED) is 0.845. The lowest BCUT2D eigenvalue weighted by Crippen LogP contribution is -2.44. The molecule has 1 amide bonds. The van der Waals surface area contributed by atoms with Crippen LogP contribution in [0.1, 0.15) is 38.5 Å². The molecule has 1 aliphatic carbocycles. The smallest absolute Gasteiger partial charge is 0.250 e. The molecule has 0 radical (unpaired) electrons. The van der Waals surface area contributed by atoms with Gasteiger partial charge in [0, 0.05) is 31.8 Å². The fourth-order valence-corrected chi connectivity index (χ4v) is 2.61. The van der Waals surface area contributed by atoms with Gasteiger partial charge in [-0.05, 0) is 18.9 Å². The average molecular weight is 278 g/mol. The maximum atomic E-state index is 11.8. The highest BCUT2D eigenvalue weighted by Gasteiger charge is 2.29. The van der Waals surface area contributed by atoms with Crippen LogP contribution in [0.25, 0.3) is 0 Å². The second kappa shape index (κ2) is 6.70. The Labute approximate surface area is 118 Å². The van der Waals surface area contributed by atoms with Crippen molar-refractivity contribution in [1.82, 2.24) is 9.88 Å². The summed E-state index contributed by atoms with van der Waals surface area (Å²) in [4.78, 5) is 23.3. The Kier molecular flexibility index (Phi) is 4.95. The van der Waals surface area contributed by atoms with Crippen LogP contribution in [0.5, 0.6) is 0 Å². The molecule has 0 unspecified atom stereocenters. The van der Waals surface area contributed by atoms with Crippen LogP contribution >= 0.6 is 0 Å². The minimum Gasteiger partial charge on any atom is -0.388 e. The first-order valence-electron chi connectivity index (χ1n) is 7.24. The minimum atomic E-state index is -0.739. The highest BCUT2D eigenvalue weighted by atomic mass is 16.3. The molecule has 1 fully saturated rings. The number of aliphatic hydroxyl groups is 1. The largest absolute Gasteiger partial charge is 0.388 e. The van der Waals surface area contributed by atoms with Crippen LogP contribution in [0, 0.1) is 0 Å². The van der Waals surface area contributed by atoms with E-state index in [0.717, 1.165) is 32.1 Å². The molecule has 2 N–H and O–H groups in total. The van der Waals surface area contributed by atoms with Crippen molar-refractivity contribution in [3.05, 3.63) is 34.7 Å². The van der Waals surface area contributed by atoms with Crippen LogP contribution in [0.3, 0.4) is 0 Å². The maximum Gasteiger partial charge on any atom is 0.250 e. The average Bonchev–Trinajstić information content (AvgIpc) is 2.45. The minimum absolute atomic E-state index is 0.105. The zero-order valence-electron chi connectivity index (χ0n) is 11.7. The van der Waals surface area contributed by atoms with Crippen molar-refractivity contribution in [2.24, 2.45) is 0 Å². The molecule has 1 aromatic heterocycles. The maximum absolute atomic E-state index is 11.8. The molecule has 0 atom stereocenters. The number of hydrogen-bond donors (Lipinski definition) is 2. The van der Waals surface area contributed by atoms with Gasteiger partial charge in [-0.3, -0.25) is 9.59 Å². The van der Waals surface area contributed by atoms with Gasteiger partial charge in [0.15, 0.2) is 0 Å². The molecule has 0 bridgehead atoms. The number of nitrogens with one attached hydrogen (secondary N) is 1. The van der Waals surface area contributed by atoms with Gasteiger partial charge in [0.1, 0.15) is 0 Å². The van der Waals surface area contributed by atoms with E-state index in [0.29, 0.717) is 13.1 Å². The summed E-state index contributed by atoms with van der Waals surface area (Å²) in [6.07, 6.45) is 6.63. The van der Waals surface area contributed by atoms with E-state index in [9.17, 15) is 14.7 Å². The van der Waals surface area contributed by atoms with Gasteiger partial charge in [0.2, 0.25) is 5.91 Å². The number of nitrogens with zero attached hydrogens (tertiary/aromatic N) is 1. The van der Waals surface area contributed by atoms with E-state index in [-0.39, 0.29) is 17.9 Å². The molecule has 0 spiro atoms. The number of aryl methyl sites for hydroxylation is 1. The van der Waals surface area contributed by atoms with Crippen LogP contribution in [-0.2, 0) is 11.3 Å². The van der Waals surface area contributed by atoms with Gasteiger partial charge < -0.3 is 15.0 Å². The molecular weight excluding hydrogens is 256 g/mol. The van der Waals surface area contributed by atoms with Crippen molar-refractivity contribution in [2.75, 3.05) is 6.54 Å². The summed E-state index contributed by atoms with van der Waals surface area (Å²) in [7, 11) is 0. The lowest BCUT2D eigenvalue weighted by atomic mass is 9.85. The summed E-state index contributed by atoms with van der Waals surface area (Å²) in [5.74, 6) is -0.125. The molecule has 5 nitrogen and oxygen atoms in total. The van der Waals surface area contributed by atoms with Crippen molar-refractivity contribution in [1.29, 1.82) is 0 Å². The number of carbonyl (C=O) groups is 1. The molecule has 20 heavy (non-hydrogen) atoms. The number of rotatable bonds is 5. The van der Waals surface area contributed by atoms with Gasteiger partial charge in [-0.15, -0.1) is 0 Å². The first kappa shape index (κ1) is 14.8. The predicted molar refractivity (Wildman–Crippen MR) is 76.4 cm³/mol. The molecule has 5 heteroatoms. The van der Waals surface area contributed by atoms with Crippen LogP contribution in [-0.4, -0.2) is 27.7 Å². The topological polar surface area (TPSA) is 71.3 Å². The molecule has 2 rings (SSSR count). The van der Waals surface area contributed by atoms with Crippen molar-refractivity contribution in [2.45, 2.75) is 50.7 Å². The highest BCUT2D eigenvalue weighted by molar-refractivity contribution is 5.75. The Balaban J connectivity index is 1.76. The van der Waals surface area contributed by atoms with Crippen LogP contribution in [0.2, 0.25) is 0 Å². The van der Waals surface area contributed by atoms with E-state index in [4.69, 9.17) is 0 Å². The van der Waals surface area contributed by atoms with Crippen LogP contribution < -0.4 is 10.9 Å². The molecule has 0 aliphatic heterocycles. The second-order valence-electron chi connectivity index (χ2n) is 5.54. The van der Waals surface area contributed by atoms with Crippen molar-refractivity contribution in [3.8, 4) is 0 Å². The first-order valence-corrected chi connectivity index (χ1v) is 7.24. The van der Waals surface area contributed by atoms with Crippen molar-refractivity contribution in [3.63, 3.8) is 0 Å². The van der Waals surface area contributed by atoms with Gasteiger partial charge in [-0.25, -0.2) is 0 Å². The fraction of sp³-hybridized carbons (Fsp3) is 0.600. The van der Waals surface area contributed by atoms with E-state index in [1.54, 1.807) is 18.3 Å². The SMILES string of the molecule is O=C(CCn1ccccc1=O)NCC1(O)CCCCC1. The van der Waals surface area contributed by atoms with Crippen LogP contribution in [0.15, 0.2) is 29.2 Å². The summed E-state index contributed by atoms with van der Waals surface area (Å²) in [5, 5.41) is 13.1. The molecule has 0 saturated heterocycles. The Morgan fingerprint density at radius 2 is 2.05 bits per heavy atom. The van der Waals surface area contributed by atoms with Crippen molar-refractivity contribution >= 4 is 5.91 Å². The first-order chi connectivity index (χ1) is 9.59. The van der Waals surface area contributed by atoms with E-state index < -0.39 is 5.60 Å². The Bertz CT molecular complexity index is 504. The van der Waals surface area contributed by atoms with Gasteiger partial charge >= 0.3 is 0 Å². The van der Waals surface area contributed by atoms with Gasteiger partial charge in [0.25, 0.3) is 5.56 Å². The number of carbonyl (C=O) groups excluding carboxylic acids is 1. The molecular formula is C15H22N2O3.